The fourth-order valence-electron chi connectivity index (χ4n) is 3.32. The van der Waals surface area contributed by atoms with Gasteiger partial charge < -0.3 is 14.7 Å². The summed E-state index contributed by atoms with van der Waals surface area (Å²) in [5.74, 6) is 0.252. The first-order valence-electron chi connectivity index (χ1n) is 9.20. The first-order valence-corrected chi connectivity index (χ1v) is 9.20. The molecule has 0 unspecified atom stereocenters. The molecule has 8 nitrogen and oxygen atoms in total. The van der Waals surface area contributed by atoms with Crippen LogP contribution >= 0.6 is 0 Å². The van der Waals surface area contributed by atoms with Gasteiger partial charge in [-0.25, -0.2) is 4.98 Å². The van der Waals surface area contributed by atoms with Gasteiger partial charge >= 0.3 is 0 Å². The van der Waals surface area contributed by atoms with Crippen LogP contribution < -0.4 is 0 Å². The van der Waals surface area contributed by atoms with Gasteiger partial charge in [-0.2, -0.15) is 15.0 Å². The lowest BCUT2D eigenvalue weighted by Crippen LogP contribution is -2.40. The molecule has 1 aliphatic rings. The van der Waals surface area contributed by atoms with Crippen LogP contribution in [-0.2, 0) is 4.74 Å². The highest BCUT2D eigenvalue weighted by molar-refractivity contribution is 5.94. The van der Waals surface area contributed by atoms with Crippen molar-refractivity contribution >= 4 is 5.91 Å². The van der Waals surface area contributed by atoms with E-state index in [2.05, 4.69) is 16.2 Å². The molecule has 1 saturated heterocycles. The van der Waals surface area contributed by atoms with Crippen molar-refractivity contribution in [3.8, 4) is 28.9 Å². The molecule has 4 rings (SSSR count). The minimum atomic E-state index is -0.0917. The van der Waals surface area contributed by atoms with E-state index in [1.54, 1.807) is 41.4 Å². The van der Waals surface area contributed by atoms with Crippen LogP contribution in [0.2, 0.25) is 0 Å². The van der Waals surface area contributed by atoms with Gasteiger partial charge in [0.25, 0.3) is 5.91 Å². The first-order chi connectivity index (χ1) is 14.1. The predicted octanol–water partition coefficient (Wildman–Crippen LogP) is 2.29. The summed E-state index contributed by atoms with van der Waals surface area (Å²) in [4.78, 5) is 18.6. The zero-order valence-electron chi connectivity index (χ0n) is 15.9. The van der Waals surface area contributed by atoms with E-state index in [1.165, 1.54) is 10.9 Å². The summed E-state index contributed by atoms with van der Waals surface area (Å²) in [6.07, 6.45) is 3.04. The number of carbonyl (C=O) groups is 1. The Balaban J connectivity index is 1.60. The molecule has 1 aromatic carbocycles. The second-order valence-corrected chi connectivity index (χ2v) is 6.74. The van der Waals surface area contributed by atoms with Gasteiger partial charge in [0, 0.05) is 19.3 Å². The average molecular weight is 389 g/mol. The number of rotatable bonds is 3. The molecule has 2 aromatic heterocycles. The van der Waals surface area contributed by atoms with Crippen molar-refractivity contribution in [2.45, 2.75) is 6.92 Å². The number of nitriles is 1. The number of carbonyl (C=O) groups excluding carboxylic acids is 1. The molecular formula is C21H19N5O3. The minimum Gasteiger partial charge on any atom is -0.493 e. The Labute approximate surface area is 167 Å². The topological polar surface area (TPSA) is 104 Å². The molecular weight excluding hydrogens is 370 g/mol. The predicted molar refractivity (Wildman–Crippen MR) is 105 cm³/mol. The molecule has 3 aromatic rings. The quantitative estimate of drug-likeness (QED) is 0.737. The lowest BCUT2D eigenvalue weighted by atomic mass is 10.0. The van der Waals surface area contributed by atoms with Gasteiger partial charge in [0.1, 0.15) is 0 Å². The number of aromatic nitrogens is 3. The molecule has 0 radical (unpaired) electrons. The second kappa shape index (κ2) is 7.73. The maximum atomic E-state index is 12.5. The Hall–Kier alpha value is -3.70. The maximum absolute atomic E-state index is 12.5. The Morgan fingerprint density at radius 1 is 1.17 bits per heavy atom. The van der Waals surface area contributed by atoms with E-state index in [4.69, 9.17) is 10.00 Å². The lowest BCUT2D eigenvalue weighted by molar-refractivity contribution is 0.0302. The molecule has 1 fully saturated rings. The van der Waals surface area contributed by atoms with Crippen LogP contribution in [-0.4, -0.2) is 57.0 Å². The van der Waals surface area contributed by atoms with Crippen molar-refractivity contribution in [2.75, 3.05) is 26.3 Å². The van der Waals surface area contributed by atoms with Crippen molar-refractivity contribution in [3.05, 3.63) is 59.4 Å². The van der Waals surface area contributed by atoms with E-state index in [-0.39, 0.29) is 11.8 Å². The summed E-state index contributed by atoms with van der Waals surface area (Å²) in [7, 11) is 0. The van der Waals surface area contributed by atoms with Gasteiger partial charge in [0.15, 0.2) is 5.82 Å². The molecule has 146 valence electrons. The smallest absolute Gasteiger partial charge is 0.255 e. The largest absolute Gasteiger partial charge is 0.493 e. The lowest BCUT2D eigenvalue weighted by Gasteiger charge is -2.26. The Kier molecular flexibility index (Phi) is 4.97. The van der Waals surface area contributed by atoms with Gasteiger partial charge in [-0.1, -0.05) is 6.07 Å². The van der Waals surface area contributed by atoms with Gasteiger partial charge in [0.2, 0.25) is 5.88 Å². The molecule has 1 amide bonds. The minimum absolute atomic E-state index is 0.0578. The number of hydrogen-bond acceptors (Lipinski definition) is 6. The summed E-state index contributed by atoms with van der Waals surface area (Å²) in [5, 5.41) is 23.9. The number of benzene rings is 1. The van der Waals surface area contributed by atoms with E-state index in [1.807, 2.05) is 6.92 Å². The molecule has 1 N–H and O–H groups in total. The SMILES string of the molecule is Cc1cc(C#N)ccc1-c1cnn(-c2ccc(C(=O)N3CCOCC3)cn2)c1O. The summed E-state index contributed by atoms with van der Waals surface area (Å²) in [5.41, 5.74) is 3.22. The number of amides is 1. The molecule has 3 heterocycles. The third-order valence-corrected chi connectivity index (χ3v) is 4.90. The van der Waals surface area contributed by atoms with Gasteiger partial charge in [0.05, 0.1) is 42.2 Å². The zero-order chi connectivity index (χ0) is 20.4. The third kappa shape index (κ3) is 3.56. The van der Waals surface area contributed by atoms with Crippen molar-refractivity contribution in [1.82, 2.24) is 19.7 Å². The van der Waals surface area contributed by atoms with Crippen LogP contribution in [0.5, 0.6) is 5.88 Å². The fraction of sp³-hybridized carbons (Fsp3) is 0.238. The summed E-state index contributed by atoms with van der Waals surface area (Å²) in [6, 6.07) is 10.7. The second-order valence-electron chi connectivity index (χ2n) is 6.74. The van der Waals surface area contributed by atoms with Gasteiger partial charge in [-0.05, 0) is 42.3 Å². The van der Waals surface area contributed by atoms with Crippen molar-refractivity contribution < 1.29 is 14.6 Å². The number of hydrogen-bond donors (Lipinski definition) is 1. The average Bonchev–Trinajstić information content (AvgIpc) is 3.15. The zero-order valence-corrected chi connectivity index (χ0v) is 15.9. The molecule has 29 heavy (non-hydrogen) atoms. The van der Waals surface area contributed by atoms with E-state index >= 15 is 0 Å². The Bertz CT molecular complexity index is 1090. The highest BCUT2D eigenvalue weighted by Crippen LogP contribution is 2.33. The molecule has 0 aliphatic carbocycles. The number of pyridine rings is 1. The third-order valence-electron chi connectivity index (χ3n) is 4.90. The van der Waals surface area contributed by atoms with Crippen LogP contribution in [0.3, 0.4) is 0 Å². The molecule has 0 atom stereocenters. The maximum Gasteiger partial charge on any atom is 0.255 e. The molecule has 8 heteroatoms. The number of nitrogens with zero attached hydrogens (tertiary/aromatic N) is 5. The molecule has 1 aliphatic heterocycles. The summed E-state index contributed by atoms with van der Waals surface area (Å²) < 4.78 is 6.59. The van der Waals surface area contributed by atoms with Crippen LogP contribution in [0.25, 0.3) is 16.9 Å². The molecule has 0 bridgehead atoms. The number of morpholine rings is 1. The highest BCUT2D eigenvalue weighted by Gasteiger charge is 2.20. The number of ether oxygens (including phenoxy) is 1. The van der Waals surface area contributed by atoms with E-state index in [0.717, 1.165) is 11.1 Å². The van der Waals surface area contributed by atoms with E-state index < -0.39 is 0 Å². The van der Waals surface area contributed by atoms with Crippen LogP contribution in [0, 0.1) is 18.3 Å². The van der Waals surface area contributed by atoms with E-state index in [0.29, 0.717) is 48.8 Å². The standard InChI is InChI=1S/C21H19N5O3/c1-14-10-15(11-22)2-4-17(14)18-13-24-26(21(18)28)19-5-3-16(12-23-19)20(27)25-6-8-29-9-7-25/h2-5,10,12-13,28H,6-9H2,1H3. The number of aromatic hydroxyl groups is 1. The van der Waals surface area contributed by atoms with Crippen LogP contribution in [0.1, 0.15) is 21.5 Å². The van der Waals surface area contributed by atoms with Crippen molar-refractivity contribution in [2.24, 2.45) is 0 Å². The van der Waals surface area contributed by atoms with Gasteiger partial charge in [-0.3, -0.25) is 4.79 Å². The monoisotopic (exact) mass is 389 g/mol. The first kappa shape index (κ1) is 18.7. The van der Waals surface area contributed by atoms with Crippen LogP contribution in [0.15, 0.2) is 42.7 Å². The molecule has 0 spiro atoms. The molecule has 0 saturated carbocycles. The fourth-order valence-corrected chi connectivity index (χ4v) is 3.32. The van der Waals surface area contributed by atoms with Gasteiger partial charge in [-0.15, -0.1) is 0 Å². The van der Waals surface area contributed by atoms with E-state index in [9.17, 15) is 9.90 Å². The number of aryl methyl sites for hydroxylation is 1. The van der Waals surface area contributed by atoms with Crippen LogP contribution in [0.4, 0.5) is 0 Å². The Morgan fingerprint density at radius 2 is 1.97 bits per heavy atom. The van der Waals surface area contributed by atoms with Crippen molar-refractivity contribution in [3.63, 3.8) is 0 Å². The Morgan fingerprint density at radius 3 is 2.62 bits per heavy atom. The van der Waals surface area contributed by atoms with Crippen molar-refractivity contribution in [1.29, 1.82) is 5.26 Å². The summed E-state index contributed by atoms with van der Waals surface area (Å²) in [6.45, 7) is 4.07. The highest BCUT2D eigenvalue weighted by atomic mass is 16.5. The normalized spacial score (nSPS) is 13.9. The summed E-state index contributed by atoms with van der Waals surface area (Å²) >= 11 is 0.